The van der Waals surface area contributed by atoms with Crippen molar-refractivity contribution in [3.05, 3.63) is 65.5 Å². The Morgan fingerprint density at radius 2 is 1.76 bits per heavy atom. The van der Waals surface area contributed by atoms with Crippen LogP contribution in [0.5, 0.6) is 0 Å². The van der Waals surface area contributed by atoms with Gasteiger partial charge in [0.25, 0.3) is 5.91 Å². The van der Waals surface area contributed by atoms with E-state index in [-0.39, 0.29) is 11.4 Å². The molecule has 2 aromatic carbocycles. The van der Waals surface area contributed by atoms with E-state index in [1.54, 1.807) is 24.3 Å². The number of amides is 3. The summed E-state index contributed by atoms with van der Waals surface area (Å²) in [6.07, 6.45) is 0. The minimum Gasteiger partial charge on any atom is -0.452 e. The van der Waals surface area contributed by atoms with E-state index in [1.165, 1.54) is 0 Å². The Balaban J connectivity index is 1.89. The lowest BCUT2D eigenvalue weighted by Gasteiger charge is -2.09. The van der Waals surface area contributed by atoms with Gasteiger partial charge in [-0.15, -0.1) is 0 Å². The molecule has 0 aliphatic rings. The maximum Gasteiger partial charge on any atom is 0.341 e. The van der Waals surface area contributed by atoms with Crippen LogP contribution < -0.4 is 15.4 Å². The summed E-state index contributed by atoms with van der Waals surface area (Å²) in [7, 11) is -2.75. The third-order valence-corrected chi connectivity index (χ3v) is 5.03. The molecule has 0 unspecified atom stereocenters. The zero-order chi connectivity index (χ0) is 21.4. The average molecular weight is 423 g/mol. The third kappa shape index (κ3) is 6.36. The lowest BCUT2D eigenvalue weighted by atomic mass is 10.2. The van der Waals surface area contributed by atoms with Crippen LogP contribution in [0.1, 0.15) is 15.9 Å². The molecule has 9 nitrogen and oxygen atoms in total. The van der Waals surface area contributed by atoms with E-state index < -0.39 is 45.9 Å². The summed E-state index contributed by atoms with van der Waals surface area (Å²) in [5, 5.41) is 4.39. The predicted octanol–water partition coefficient (Wildman–Crippen LogP) is 0.917. The van der Waals surface area contributed by atoms with Gasteiger partial charge in [0.2, 0.25) is 10.0 Å². The molecule has 3 amide bonds. The summed E-state index contributed by atoms with van der Waals surface area (Å²) in [6.45, 7) is -0.683. The molecule has 11 heteroatoms. The summed E-state index contributed by atoms with van der Waals surface area (Å²) >= 11 is 0. The van der Waals surface area contributed by atoms with Crippen LogP contribution in [0.15, 0.2) is 53.4 Å². The normalized spacial score (nSPS) is 10.8. The van der Waals surface area contributed by atoms with Gasteiger partial charge in [-0.25, -0.2) is 27.1 Å². The van der Waals surface area contributed by atoms with Crippen LogP contribution >= 0.6 is 0 Å². The molecule has 0 atom stereocenters. The topological polar surface area (TPSA) is 131 Å². The first-order valence-corrected chi connectivity index (χ1v) is 9.73. The number of hydrogen-bond acceptors (Lipinski definition) is 6. The van der Waals surface area contributed by atoms with Crippen LogP contribution in [0.25, 0.3) is 0 Å². The molecule has 0 spiro atoms. The molecule has 0 fully saturated rings. The first kappa shape index (κ1) is 22.0. The van der Waals surface area contributed by atoms with Gasteiger partial charge in [0.15, 0.2) is 6.61 Å². The Labute approximate surface area is 166 Å². The fourth-order valence-corrected chi connectivity index (χ4v) is 2.90. The average Bonchev–Trinajstić information content (AvgIpc) is 2.71. The smallest absolute Gasteiger partial charge is 0.341 e. The minimum absolute atomic E-state index is 0.178. The summed E-state index contributed by atoms with van der Waals surface area (Å²) in [6, 6.07) is 10.7. The highest BCUT2D eigenvalue weighted by Gasteiger charge is 2.20. The molecule has 29 heavy (non-hydrogen) atoms. The van der Waals surface area contributed by atoms with E-state index in [4.69, 9.17) is 0 Å². The van der Waals surface area contributed by atoms with Crippen LogP contribution in [0.2, 0.25) is 0 Å². The van der Waals surface area contributed by atoms with Crippen molar-refractivity contribution in [3.63, 3.8) is 0 Å². The number of hydrogen-bond donors (Lipinski definition) is 3. The van der Waals surface area contributed by atoms with E-state index >= 15 is 0 Å². The number of ether oxygens (including phenoxy) is 1. The first-order valence-electron chi connectivity index (χ1n) is 8.25. The standard InChI is InChI=1S/C18H18FN3O6S/c1-20-29(26,27)13-7-8-15(19)14(9-13)17(24)28-11-16(23)22-18(25)21-10-12-5-3-2-4-6-12/h2-9,20H,10-11H2,1H3,(H2,21,22,23,25). The van der Waals surface area contributed by atoms with Crippen molar-refractivity contribution >= 4 is 27.9 Å². The number of sulfonamides is 1. The zero-order valence-electron chi connectivity index (χ0n) is 15.3. The Hall–Kier alpha value is -3.31. The molecular formula is C18H18FN3O6S. The van der Waals surface area contributed by atoms with Crippen molar-refractivity contribution in [1.82, 2.24) is 15.4 Å². The Kier molecular flexibility index (Phi) is 7.39. The summed E-state index contributed by atoms with van der Waals surface area (Å²) in [5.74, 6) is -3.22. The highest BCUT2D eigenvalue weighted by Crippen LogP contribution is 2.16. The van der Waals surface area contributed by atoms with Crippen LogP contribution in [0, 0.1) is 5.82 Å². The number of urea groups is 1. The molecule has 0 aliphatic heterocycles. The minimum atomic E-state index is -3.90. The molecule has 154 valence electrons. The molecule has 0 radical (unpaired) electrons. The summed E-state index contributed by atoms with van der Waals surface area (Å²) in [4.78, 5) is 35.0. The second kappa shape index (κ2) is 9.75. The van der Waals surface area contributed by atoms with E-state index in [9.17, 15) is 27.2 Å². The quantitative estimate of drug-likeness (QED) is 0.568. The van der Waals surface area contributed by atoms with Gasteiger partial charge in [-0.05, 0) is 30.8 Å². The first-order chi connectivity index (χ1) is 13.7. The van der Waals surface area contributed by atoms with E-state index in [2.05, 4.69) is 10.1 Å². The molecule has 3 N–H and O–H groups in total. The molecule has 0 aromatic heterocycles. The molecule has 2 rings (SSSR count). The van der Waals surface area contributed by atoms with Crippen molar-refractivity contribution in [2.45, 2.75) is 11.4 Å². The highest BCUT2D eigenvalue weighted by molar-refractivity contribution is 7.89. The predicted molar refractivity (Wildman–Crippen MR) is 99.7 cm³/mol. The van der Waals surface area contributed by atoms with Crippen molar-refractivity contribution in [3.8, 4) is 0 Å². The van der Waals surface area contributed by atoms with Crippen LogP contribution in [0.4, 0.5) is 9.18 Å². The van der Waals surface area contributed by atoms with Crippen molar-refractivity contribution in [2.75, 3.05) is 13.7 Å². The molecular weight excluding hydrogens is 405 g/mol. The van der Waals surface area contributed by atoms with E-state index in [0.29, 0.717) is 0 Å². The van der Waals surface area contributed by atoms with Gasteiger partial charge in [-0.3, -0.25) is 10.1 Å². The van der Waals surface area contributed by atoms with E-state index in [0.717, 1.165) is 30.8 Å². The number of carbonyl (C=O) groups excluding carboxylic acids is 3. The largest absolute Gasteiger partial charge is 0.452 e. The van der Waals surface area contributed by atoms with Gasteiger partial charge < -0.3 is 10.1 Å². The Morgan fingerprint density at radius 3 is 2.41 bits per heavy atom. The van der Waals surface area contributed by atoms with Crippen LogP contribution in [0.3, 0.4) is 0 Å². The van der Waals surface area contributed by atoms with Crippen molar-refractivity contribution < 1.29 is 31.9 Å². The number of imide groups is 1. The van der Waals surface area contributed by atoms with E-state index in [1.807, 2.05) is 16.1 Å². The van der Waals surface area contributed by atoms with Gasteiger partial charge in [-0.1, -0.05) is 30.3 Å². The lowest BCUT2D eigenvalue weighted by molar-refractivity contribution is -0.123. The van der Waals surface area contributed by atoms with Gasteiger partial charge in [0.05, 0.1) is 10.5 Å². The lowest BCUT2D eigenvalue weighted by Crippen LogP contribution is -2.41. The van der Waals surface area contributed by atoms with Crippen molar-refractivity contribution in [1.29, 1.82) is 0 Å². The number of rotatable bonds is 7. The molecule has 0 heterocycles. The van der Waals surface area contributed by atoms with Crippen molar-refractivity contribution in [2.24, 2.45) is 0 Å². The molecule has 0 aliphatic carbocycles. The Bertz CT molecular complexity index is 1010. The molecule has 0 bridgehead atoms. The Morgan fingerprint density at radius 1 is 1.07 bits per heavy atom. The number of carbonyl (C=O) groups is 3. The number of halogens is 1. The molecule has 0 saturated heterocycles. The SMILES string of the molecule is CNS(=O)(=O)c1ccc(F)c(C(=O)OCC(=O)NC(=O)NCc2ccccc2)c1. The number of nitrogens with one attached hydrogen (secondary N) is 3. The highest BCUT2D eigenvalue weighted by atomic mass is 32.2. The molecule has 2 aromatic rings. The molecule has 0 saturated carbocycles. The van der Waals surface area contributed by atoms with Crippen LogP contribution in [-0.4, -0.2) is 40.0 Å². The number of benzene rings is 2. The summed E-state index contributed by atoms with van der Waals surface area (Å²) < 4.78 is 44.0. The second-order valence-electron chi connectivity index (χ2n) is 5.64. The van der Waals surface area contributed by atoms with Crippen LogP contribution in [-0.2, 0) is 26.1 Å². The zero-order valence-corrected chi connectivity index (χ0v) is 16.1. The fraction of sp³-hybridized carbons (Fsp3) is 0.167. The van der Waals surface area contributed by atoms with Gasteiger partial charge in [0.1, 0.15) is 5.82 Å². The van der Waals surface area contributed by atoms with Gasteiger partial charge in [0, 0.05) is 6.54 Å². The third-order valence-electron chi connectivity index (χ3n) is 3.62. The summed E-state index contributed by atoms with van der Waals surface area (Å²) in [5.41, 5.74) is 0.149. The number of esters is 1. The maximum absolute atomic E-state index is 13.8. The second-order valence-corrected chi connectivity index (χ2v) is 7.53. The van der Waals surface area contributed by atoms with Gasteiger partial charge >= 0.3 is 12.0 Å². The monoisotopic (exact) mass is 423 g/mol. The maximum atomic E-state index is 13.8. The fourth-order valence-electron chi connectivity index (χ4n) is 2.14. The van der Waals surface area contributed by atoms with Gasteiger partial charge in [-0.2, -0.15) is 0 Å².